The smallest absolute Gasteiger partial charge is 0.374 e. The molecular weight excluding hydrogens is 271 g/mol. The SMILES string of the molecule is COC(=O)/C=C(\OC(=O)c1ccccc1F)C(=O)OC. The standard InChI is InChI=1S/C13H11FO6/c1-18-11(15)7-10(13(17)19-2)20-12(16)8-5-3-4-6-9(8)14/h3-7H,1-2H3/b10-7-. The summed E-state index contributed by atoms with van der Waals surface area (Å²) in [5, 5.41) is 0. The van der Waals surface area contributed by atoms with Crippen molar-refractivity contribution in [2.45, 2.75) is 0 Å². The maximum Gasteiger partial charge on any atom is 0.374 e. The van der Waals surface area contributed by atoms with Gasteiger partial charge in [-0.3, -0.25) is 0 Å². The van der Waals surface area contributed by atoms with Crippen molar-refractivity contribution in [2.75, 3.05) is 14.2 Å². The lowest BCUT2D eigenvalue weighted by Gasteiger charge is -2.07. The number of carbonyl (C=O) groups is 3. The Labute approximate surface area is 113 Å². The topological polar surface area (TPSA) is 78.9 Å². The average Bonchev–Trinajstić information content (AvgIpc) is 2.45. The van der Waals surface area contributed by atoms with Crippen LogP contribution in [0.3, 0.4) is 0 Å². The highest BCUT2D eigenvalue weighted by atomic mass is 19.1. The quantitative estimate of drug-likeness (QED) is 0.357. The first kappa shape index (κ1) is 15.4. The van der Waals surface area contributed by atoms with E-state index in [0.717, 1.165) is 20.3 Å². The molecule has 1 aromatic carbocycles. The summed E-state index contributed by atoms with van der Waals surface area (Å²) in [5.74, 6) is -4.65. The predicted molar refractivity (Wildman–Crippen MR) is 63.9 cm³/mol. The Morgan fingerprint density at radius 2 is 1.75 bits per heavy atom. The van der Waals surface area contributed by atoms with Crippen LogP contribution in [0.4, 0.5) is 4.39 Å². The van der Waals surface area contributed by atoms with Gasteiger partial charge in [0.1, 0.15) is 5.82 Å². The average molecular weight is 282 g/mol. The van der Waals surface area contributed by atoms with E-state index < -0.39 is 29.5 Å². The van der Waals surface area contributed by atoms with Gasteiger partial charge in [0.15, 0.2) is 0 Å². The molecule has 0 radical (unpaired) electrons. The lowest BCUT2D eigenvalue weighted by atomic mass is 10.2. The molecule has 0 saturated heterocycles. The Balaban J connectivity index is 2.99. The third-order valence-corrected chi connectivity index (χ3v) is 2.13. The molecular formula is C13H11FO6. The molecule has 1 rings (SSSR count). The Morgan fingerprint density at radius 1 is 1.10 bits per heavy atom. The normalized spacial score (nSPS) is 10.7. The summed E-state index contributed by atoms with van der Waals surface area (Å²) in [4.78, 5) is 34.1. The second-order valence-corrected chi connectivity index (χ2v) is 3.39. The zero-order valence-corrected chi connectivity index (χ0v) is 10.7. The Kier molecular flexibility index (Phi) is 5.40. The number of rotatable bonds is 4. The highest BCUT2D eigenvalue weighted by Crippen LogP contribution is 2.11. The van der Waals surface area contributed by atoms with Crippen molar-refractivity contribution < 1.29 is 33.0 Å². The molecule has 7 heteroatoms. The number of halogens is 1. The van der Waals surface area contributed by atoms with E-state index in [-0.39, 0.29) is 5.56 Å². The van der Waals surface area contributed by atoms with Crippen LogP contribution in [-0.2, 0) is 23.8 Å². The van der Waals surface area contributed by atoms with Crippen LogP contribution in [0.5, 0.6) is 0 Å². The summed E-state index contributed by atoms with van der Waals surface area (Å²) < 4.78 is 26.7. The molecule has 0 fully saturated rings. The van der Waals surface area contributed by atoms with E-state index in [4.69, 9.17) is 0 Å². The second kappa shape index (κ2) is 7.03. The van der Waals surface area contributed by atoms with Crippen LogP contribution in [0.25, 0.3) is 0 Å². The van der Waals surface area contributed by atoms with Crippen molar-refractivity contribution in [3.8, 4) is 0 Å². The van der Waals surface area contributed by atoms with E-state index in [1.807, 2.05) is 0 Å². The zero-order valence-electron chi connectivity index (χ0n) is 10.7. The van der Waals surface area contributed by atoms with Gasteiger partial charge in [0.05, 0.1) is 25.9 Å². The largest absolute Gasteiger partial charge is 0.466 e. The van der Waals surface area contributed by atoms with E-state index in [1.165, 1.54) is 18.2 Å². The van der Waals surface area contributed by atoms with Gasteiger partial charge in [0.2, 0.25) is 5.76 Å². The summed E-state index contributed by atoms with van der Waals surface area (Å²) >= 11 is 0. The molecule has 0 amide bonds. The first-order chi connectivity index (χ1) is 9.49. The summed E-state index contributed by atoms with van der Waals surface area (Å²) in [6, 6.07) is 5.03. The van der Waals surface area contributed by atoms with Gasteiger partial charge in [-0.25, -0.2) is 18.8 Å². The lowest BCUT2D eigenvalue weighted by Crippen LogP contribution is -2.16. The van der Waals surface area contributed by atoms with E-state index in [2.05, 4.69) is 14.2 Å². The highest BCUT2D eigenvalue weighted by Gasteiger charge is 2.21. The van der Waals surface area contributed by atoms with E-state index >= 15 is 0 Å². The molecule has 0 heterocycles. The van der Waals surface area contributed by atoms with Crippen molar-refractivity contribution in [2.24, 2.45) is 0 Å². The molecule has 0 aliphatic heterocycles. The number of benzene rings is 1. The van der Waals surface area contributed by atoms with Crippen molar-refractivity contribution in [1.82, 2.24) is 0 Å². The zero-order chi connectivity index (χ0) is 15.1. The van der Waals surface area contributed by atoms with Crippen LogP contribution < -0.4 is 0 Å². The van der Waals surface area contributed by atoms with Crippen LogP contribution in [-0.4, -0.2) is 32.1 Å². The fourth-order valence-electron chi connectivity index (χ4n) is 1.18. The number of methoxy groups -OCH3 is 2. The first-order valence-electron chi connectivity index (χ1n) is 5.34. The predicted octanol–water partition coefficient (Wildman–Crippen LogP) is 1.21. The van der Waals surface area contributed by atoms with Crippen molar-refractivity contribution >= 4 is 17.9 Å². The molecule has 0 aromatic heterocycles. The molecule has 0 N–H and O–H groups in total. The third kappa shape index (κ3) is 3.91. The van der Waals surface area contributed by atoms with Crippen LogP contribution in [0.2, 0.25) is 0 Å². The summed E-state index contributed by atoms with van der Waals surface area (Å²) in [7, 11) is 2.11. The van der Waals surface area contributed by atoms with Crippen molar-refractivity contribution in [3.05, 3.63) is 47.5 Å². The fraction of sp³-hybridized carbons (Fsp3) is 0.154. The van der Waals surface area contributed by atoms with Gasteiger partial charge in [-0.2, -0.15) is 0 Å². The van der Waals surface area contributed by atoms with Crippen LogP contribution in [0, 0.1) is 5.82 Å². The maximum atomic E-state index is 13.4. The summed E-state index contributed by atoms with van der Waals surface area (Å²) in [6.45, 7) is 0. The van der Waals surface area contributed by atoms with E-state index in [1.54, 1.807) is 0 Å². The lowest BCUT2D eigenvalue weighted by molar-refractivity contribution is -0.141. The highest BCUT2D eigenvalue weighted by molar-refractivity contribution is 5.99. The van der Waals surface area contributed by atoms with Gasteiger partial charge in [-0.15, -0.1) is 0 Å². The van der Waals surface area contributed by atoms with E-state index in [9.17, 15) is 18.8 Å². The molecule has 20 heavy (non-hydrogen) atoms. The molecule has 6 nitrogen and oxygen atoms in total. The minimum Gasteiger partial charge on any atom is -0.466 e. The first-order valence-corrected chi connectivity index (χ1v) is 5.34. The molecule has 0 unspecified atom stereocenters. The van der Waals surface area contributed by atoms with Gasteiger partial charge < -0.3 is 14.2 Å². The Hall–Kier alpha value is -2.70. The maximum absolute atomic E-state index is 13.4. The molecule has 1 aromatic rings. The fourth-order valence-corrected chi connectivity index (χ4v) is 1.18. The van der Waals surface area contributed by atoms with Crippen LogP contribution in [0.15, 0.2) is 36.1 Å². The molecule has 106 valence electrons. The van der Waals surface area contributed by atoms with Gasteiger partial charge in [-0.1, -0.05) is 12.1 Å². The second-order valence-electron chi connectivity index (χ2n) is 3.39. The molecule has 0 bridgehead atoms. The Bertz CT molecular complexity index is 564. The minimum atomic E-state index is -1.14. The molecule has 0 aliphatic carbocycles. The van der Waals surface area contributed by atoms with Crippen LogP contribution >= 0.6 is 0 Å². The van der Waals surface area contributed by atoms with Crippen molar-refractivity contribution in [1.29, 1.82) is 0 Å². The third-order valence-electron chi connectivity index (χ3n) is 2.13. The van der Waals surface area contributed by atoms with Gasteiger partial charge in [0, 0.05) is 0 Å². The van der Waals surface area contributed by atoms with Crippen LogP contribution in [0.1, 0.15) is 10.4 Å². The summed E-state index contributed by atoms with van der Waals surface area (Å²) in [6.07, 6.45) is 0.630. The Morgan fingerprint density at radius 3 is 2.30 bits per heavy atom. The van der Waals surface area contributed by atoms with Gasteiger partial charge >= 0.3 is 17.9 Å². The number of hydrogen-bond acceptors (Lipinski definition) is 6. The van der Waals surface area contributed by atoms with Crippen molar-refractivity contribution in [3.63, 3.8) is 0 Å². The molecule has 0 aliphatic rings. The number of hydrogen-bond donors (Lipinski definition) is 0. The van der Waals surface area contributed by atoms with E-state index in [0.29, 0.717) is 6.08 Å². The monoisotopic (exact) mass is 282 g/mol. The number of ether oxygens (including phenoxy) is 3. The van der Waals surface area contributed by atoms with Gasteiger partial charge in [0.25, 0.3) is 0 Å². The minimum absolute atomic E-state index is 0.382. The summed E-state index contributed by atoms with van der Waals surface area (Å²) in [5.41, 5.74) is -0.382. The molecule has 0 saturated carbocycles. The number of esters is 3. The number of carbonyl (C=O) groups excluding carboxylic acids is 3. The molecule has 0 spiro atoms. The molecule has 0 atom stereocenters. The van der Waals surface area contributed by atoms with Gasteiger partial charge in [-0.05, 0) is 12.1 Å².